The lowest BCUT2D eigenvalue weighted by molar-refractivity contribution is -0.119. The average molecular weight is 312 g/mol. The highest BCUT2D eigenvalue weighted by Gasteiger charge is 2.10. The van der Waals surface area contributed by atoms with Gasteiger partial charge in [0.2, 0.25) is 5.91 Å². The maximum absolute atomic E-state index is 11.7. The summed E-state index contributed by atoms with van der Waals surface area (Å²) < 4.78 is 0. The molecule has 5 heteroatoms. The van der Waals surface area contributed by atoms with Gasteiger partial charge in [-0.05, 0) is 37.1 Å². The number of hydrogen-bond donors (Lipinski definition) is 2. The van der Waals surface area contributed by atoms with Gasteiger partial charge in [-0.2, -0.15) is 0 Å². The first-order valence-electron chi connectivity index (χ1n) is 7.55. The molecule has 0 heterocycles. The molecular weight excluding hydrogens is 286 g/mol. The van der Waals surface area contributed by atoms with Crippen molar-refractivity contribution in [1.29, 1.82) is 0 Å². The van der Waals surface area contributed by atoms with Crippen molar-refractivity contribution >= 4 is 23.2 Å². The summed E-state index contributed by atoms with van der Waals surface area (Å²) >= 11 is 6.32. The Kier molecular flexibility index (Phi) is 8.16. The third kappa shape index (κ3) is 6.36. The number of nitrogens with one attached hydrogen (secondary N) is 2. The van der Waals surface area contributed by atoms with Crippen LogP contribution in [-0.4, -0.2) is 32.6 Å². The Hall–Kier alpha value is -1.26. The molecule has 2 N–H and O–H groups in total. The first-order valence-corrected chi connectivity index (χ1v) is 7.93. The topological polar surface area (TPSA) is 44.4 Å². The number of rotatable bonds is 9. The van der Waals surface area contributed by atoms with E-state index < -0.39 is 0 Å². The van der Waals surface area contributed by atoms with Gasteiger partial charge in [-0.25, -0.2) is 0 Å². The van der Waals surface area contributed by atoms with E-state index in [0.29, 0.717) is 18.1 Å². The Labute approximate surface area is 132 Å². The van der Waals surface area contributed by atoms with Crippen LogP contribution in [0.4, 0.5) is 5.69 Å². The van der Waals surface area contributed by atoms with E-state index in [4.69, 9.17) is 11.6 Å². The predicted molar refractivity (Wildman–Crippen MR) is 90.0 cm³/mol. The van der Waals surface area contributed by atoms with Crippen molar-refractivity contribution in [3.8, 4) is 0 Å². The van der Waals surface area contributed by atoms with Crippen LogP contribution in [0, 0.1) is 0 Å². The summed E-state index contributed by atoms with van der Waals surface area (Å²) in [6, 6.07) is 5.97. The van der Waals surface area contributed by atoms with Gasteiger partial charge in [-0.3, -0.25) is 4.79 Å². The van der Waals surface area contributed by atoms with E-state index in [9.17, 15) is 4.79 Å². The number of likely N-dealkylation sites (N-methyl/N-ethyl adjacent to an activating group) is 1. The molecule has 0 aliphatic rings. The highest BCUT2D eigenvalue weighted by molar-refractivity contribution is 6.33. The van der Waals surface area contributed by atoms with E-state index in [2.05, 4.69) is 17.6 Å². The van der Waals surface area contributed by atoms with E-state index in [1.165, 1.54) is 0 Å². The summed E-state index contributed by atoms with van der Waals surface area (Å²) in [6.45, 7) is 7.01. The summed E-state index contributed by atoms with van der Waals surface area (Å²) in [6.07, 6.45) is 2.05. The SMILES string of the molecule is CCCNCc1ccc(N(C)CC(=O)NCCC)c(Cl)c1. The van der Waals surface area contributed by atoms with Gasteiger partial charge >= 0.3 is 0 Å². The van der Waals surface area contributed by atoms with Crippen molar-refractivity contribution in [2.75, 3.05) is 31.6 Å². The summed E-state index contributed by atoms with van der Waals surface area (Å²) in [5.41, 5.74) is 2.03. The van der Waals surface area contributed by atoms with Gasteiger partial charge in [0.1, 0.15) is 0 Å². The predicted octanol–water partition coefficient (Wildman–Crippen LogP) is 2.80. The van der Waals surface area contributed by atoms with E-state index in [0.717, 1.165) is 37.2 Å². The maximum atomic E-state index is 11.7. The molecule has 1 rings (SSSR count). The first-order chi connectivity index (χ1) is 10.1. The third-order valence-electron chi connectivity index (χ3n) is 3.13. The number of carbonyl (C=O) groups excluding carboxylic acids is 1. The number of halogens is 1. The highest BCUT2D eigenvalue weighted by Crippen LogP contribution is 2.25. The minimum absolute atomic E-state index is 0.0177. The van der Waals surface area contributed by atoms with E-state index in [-0.39, 0.29) is 5.91 Å². The van der Waals surface area contributed by atoms with E-state index in [1.807, 2.05) is 37.1 Å². The molecule has 4 nitrogen and oxygen atoms in total. The van der Waals surface area contributed by atoms with Gasteiger partial charge in [0, 0.05) is 20.1 Å². The molecule has 0 unspecified atom stereocenters. The average Bonchev–Trinajstić information content (AvgIpc) is 2.45. The van der Waals surface area contributed by atoms with Crippen molar-refractivity contribution in [1.82, 2.24) is 10.6 Å². The van der Waals surface area contributed by atoms with Crippen molar-refractivity contribution in [3.05, 3.63) is 28.8 Å². The fourth-order valence-corrected chi connectivity index (χ4v) is 2.35. The summed E-state index contributed by atoms with van der Waals surface area (Å²) in [4.78, 5) is 13.6. The molecule has 118 valence electrons. The molecule has 1 aromatic rings. The van der Waals surface area contributed by atoms with Gasteiger partial charge in [0.05, 0.1) is 17.3 Å². The number of hydrogen-bond acceptors (Lipinski definition) is 3. The number of nitrogens with zero attached hydrogens (tertiary/aromatic N) is 1. The second kappa shape index (κ2) is 9.64. The van der Waals surface area contributed by atoms with Crippen LogP contribution in [0.15, 0.2) is 18.2 Å². The molecule has 1 aromatic carbocycles. The van der Waals surface area contributed by atoms with Crippen LogP contribution in [0.25, 0.3) is 0 Å². The summed E-state index contributed by atoms with van der Waals surface area (Å²) in [7, 11) is 1.88. The second-order valence-corrected chi connectivity index (χ2v) is 5.58. The number of anilines is 1. The van der Waals surface area contributed by atoms with Crippen molar-refractivity contribution in [2.24, 2.45) is 0 Å². The Morgan fingerprint density at radius 3 is 2.57 bits per heavy atom. The van der Waals surface area contributed by atoms with Gasteiger partial charge in [0.25, 0.3) is 0 Å². The van der Waals surface area contributed by atoms with Gasteiger partial charge in [0.15, 0.2) is 0 Å². The molecule has 0 saturated carbocycles. The fourth-order valence-electron chi connectivity index (χ4n) is 2.00. The molecule has 0 spiro atoms. The largest absolute Gasteiger partial charge is 0.364 e. The van der Waals surface area contributed by atoms with Crippen LogP contribution in [0.5, 0.6) is 0 Å². The van der Waals surface area contributed by atoms with Crippen molar-refractivity contribution in [3.63, 3.8) is 0 Å². The van der Waals surface area contributed by atoms with Crippen LogP contribution < -0.4 is 15.5 Å². The lowest BCUT2D eigenvalue weighted by Crippen LogP contribution is -2.35. The van der Waals surface area contributed by atoms with Crippen LogP contribution >= 0.6 is 11.6 Å². The van der Waals surface area contributed by atoms with Crippen LogP contribution in [0.2, 0.25) is 5.02 Å². The van der Waals surface area contributed by atoms with E-state index >= 15 is 0 Å². The van der Waals surface area contributed by atoms with Crippen LogP contribution in [0.3, 0.4) is 0 Å². The maximum Gasteiger partial charge on any atom is 0.239 e. The lowest BCUT2D eigenvalue weighted by atomic mass is 10.2. The van der Waals surface area contributed by atoms with Gasteiger partial charge < -0.3 is 15.5 Å². The van der Waals surface area contributed by atoms with Crippen LogP contribution in [-0.2, 0) is 11.3 Å². The van der Waals surface area contributed by atoms with Gasteiger partial charge in [-0.1, -0.05) is 31.5 Å². The standard InChI is InChI=1S/C16H26ClN3O/c1-4-8-18-11-13-6-7-15(14(17)10-13)20(3)12-16(21)19-9-5-2/h6-7,10,18H,4-5,8-9,11-12H2,1-3H3,(H,19,21). The Morgan fingerprint density at radius 2 is 1.95 bits per heavy atom. The van der Waals surface area contributed by atoms with E-state index in [1.54, 1.807) is 0 Å². The zero-order chi connectivity index (χ0) is 15.7. The van der Waals surface area contributed by atoms with Crippen molar-refractivity contribution < 1.29 is 4.79 Å². The molecule has 0 radical (unpaired) electrons. The minimum atomic E-state index is 0.0177. The number of carbonyl (C=O) groups is 1. The van der Waals surface area contributed by atoms with Crippen molar-refractivity contribution in [2.45, 2.75) is 33.2 Å². The summed E-state index contributed by atoms with van der Waals surface area (Å²) in [5.74, 6) is 0.0177. The molecule has 0 aliphatic carbocycles. The zero-order valence-corrected chi connectivity index (χ0v) is 14.0. The number of amides is 1. The second-order valence-electron chi connectivity index (χ2n) is 5.17. The Bertz CT molecular complexity index is 451. The molecule has 0 aliphatic heterocycles. The molecule has 0 aromatic heterocycles. The molecule has 0 bridgehead atoms. The third-order valence-corrected chi connectivity index (χ3v) is 3.43. The molecule has 1 amide bonds. The first kappa shape index (κ1) is 17.8. The number of benzene rings is 1. The quantitative estimate of drug-likeness (QED) is 0.689. The molecular formula is C16H26ClN3O. The molecule has 0 fully saturated rings. The highest BCUT2D eigenvalue weighted by atomic mass is 35.5. The lowest BCUT2D eigenvalue weighted by Gasteiger charge is -2.20. The van der Waals surface area contributed by atoms with Gasteiger partial charge in [-0.15, -0.1) is 0 Å². The minimum Gasteiger partial charge on any atom is -0.364 e. The Balaban J connectivity index is 2.59. The summed E-state index contributed by atoms with van der Waals surface area (Å²) in [5, 5.41) is 6.89. The smallest absolute Gasteiger partial charge is 0.239 e. The molecule has 21 heavy (non-hydrogen) atoms. The monoisotopic (exact) mass is 311 g/mol. The molecule has 0 atom stereocenters. The molecule has 0 saturated heterocycles. The fraction of sp³-hybridized carbons (Fsp3) is 0.562. The Morgan fingerprint density at radius 1 is 1.24 bits per heavy atom. The van der Waals surface area contributed by atoms with Crippen LogP contribution in [0.1, 0.15) is 32.3 Å². The normalized spacial score (nSPS) is 10.5. The zero-order valence-electron chi connectivity index (χ0n) is 13.2.